The zero-order chi connectivity index (χ0) is 15.6. The molecule has 0 aliphatic heterocycles. The maximum atomic E-state index is 12.1. The minimum Gasteiger partial charge on any atom is -0.223 e. The van der Waals surface area contributed by atoms with Crippen molar-refractivity contribution < 1.29 is 16.8 Å². The summed E-state index contributed by atoms with van der Waals surface area (Å²) < 4.78 is 48.3. The predicted octanol–water partition coefficient (Wildman–Crippen LogP) is 2.39. The summed E-state index contributed by atoms with van der Waals surface area (Å²) in [4.78, 5) is -0.0217. The third-order valence-corrected chi connectivity index (χ3v) is 6.09. The van der Waals surface area contributed by atoms with E-state index < -0.39 is 19.7 Å². The van der Waals surface area contributed by atoms with Crippen molar-refractivity contribution in [3.05, 3.63) is 48.6 Å². The Bertz CT molecular complexity index is 680. The van der Waals surface area contributed by atoms with Crippen LogP contribution in [-0.4, -0.2) is 28.3 Å². The van der Waals surface area contributed by atoms with Crippen LogP contribution in [0.1, 0.15) is 13.8 Å². The molecule has 1 rings (SSSR count). The highest BCUT2D eigenvalue weighted by Gasteiger charge is 2.19. The molecule has 0 fully saturated rings. The highest BCUT2D eigenvalue weighted by molar-refractivity contribution is 7.92. The Balaban J connectivity index is 3.28. The Labute approximate surface area is 120 Å². The highest BCUT2D eigenvalue weighted by Crippen LogP contribution is 2.20. The average molecular weight is 314 g/mol. The Morgan fingerprint density at radius 2 is 1.25 bits per heavy atom. The molecule has 0 saturated carbocycles. The highest BCUT2D eigenvalue weighted by atomic mass is 32.2. The molecule has 0 heterocycles. The first-order chi connectivity index (χ1) is 9.04. The number of hydrogen-bond donors (Lipinski definition) is 0. The zero-order valence-corrected chi connectivity index (χ0v) is 13.2. The second-order valence-corrected chi connectivity index (χ2v) is 8.89. The minimum absolute atomic E-state index is 0.0108. The van der Waals surface area contributed by atoms with E-state index in [1.54, 1.807) is 13.8 Å². The minimum atomic E-state index is -3.56. The first-order valence-corrected chi connectivity index (χ1v) is 9.19. The molecule has 1 aromatic rings. The van der Waals surface area contributed by atoms with Crippen LogP contribution in [0, 0.1) is 0 Å². The SMILES string of the molecule is C=C(C)CS(=O)(=O)c1cccc(S(=O)(=O)CC(=C)C)c1. The third-order valence-electron chi connectivity index (χ3n) is 2.40. The lowest BCUT2D eigenvalue weighted by molar-refractivity contribution is 0.596. The number of hydrogen-bond acceptors (Lipinski definition) is 4. The van der Waals surface area contributed by atoms with Crippen molar-refractivity contribution >= 4 is 19.7 Å². The van der Waals surface area contributed by atoms with Crippen LogP contribution in [0.15, 0.2) is 58.4 Å². The predicted molar refractivity (Wildman–Crippen MR) is 80.2 cm³/mol. The van der Waals surface area contributed by atoms with Gasteiger partial charge in [0.05, 0.1) is 21.3 Å². The van der Waals surface area contributed by atoms with Gasteiger partial charge in [0.25, 0.3) is 0 Å². The van der Waals surface area contributed by atoms with E-state index in [2.05, 4.69) is 13.2 Å². The van der Waals surface area contributed by atoms with Crippen LogP contribution >= 0.6 is 0 Å². The Kier molecular flexibility index (Phi) is 4.94. The fourth-order valence-corrected chi connectivity index (χ4v) is 4.57. The van der Waals surface area contributed by atoms with Gasteiger partial charge in [-0.3, -0.25) is 0 Å². The number of sulfone groups is 2. The summed E-state index contributed by atoms with van der Waals surface area (Å²) in [6.45, 7) is 10.4. The summed E-state index contributed by atoms with van der Waals surface area (Å²) in [5.74, 6) is -0.395. The van der Waals surface area contributed by atoms with E-state index in [9.17, 15) is 16.8 Å². The van der Waals surface area contributed by atoms with Crippen LogP contribution in [-0.2, 0) is 19.7 Å². The molecule has 1 aromatic carbocycles. The first kappa shape index (κ1) is 16.7. The van der Waals surface area contributed by atoms with E-state index in [-0.39, 0.29) is 21.3 Å². The Hall–Kier alpha value is -1.40. The van der Waals surface area contributed by atoms with E-state index in [4.69, 9.17) is 0 Å². The molecule has 0 atom stereocenters. The smallest absolute Gasteiger partial charge is 0.182 e. The molecule has 20 heavy (non-hydrogen) atoms. The molecule has 6 heteroatoms. The molecule has 0 bridgehead atoms. The zero-order valence-electron chi connectivity index (χ0n) is 11.6. The number of rotatable bonds is 6. The molecule has 0 radical (unpaired) electrons. The number of benzene rings is 1. The quantitative estimate of drug-likeness (QED) is 0.756. The standard InChI is InChI=1S/C14H18O4S2/c1-11(2)9-19(15,16)13-6-5-7-14(8-13)20(17,18)10-12(3)4/h5-8H,1,3,9-10H2,2,4H3. The lowest BCUT2D eigenvalue weighted by Crippen LogP contribution is -2.11. The largest absolute Gasteiger partial charge is 0.223 e. The van der Waals surface area contributed by atoms with Gasteiger partial charge in [-0.05, 0) is 32.0 Å². The van der Waals surface area contributed by atoms with Gasteiger partial charge in [-0.2, -0.15) is 0 Å². The van der Waals surface area contributed by atoms with Gasteiger partial charge in [0.1, 0.15) is 0 Å². The molecule has 0 spiro atoms. The molecule has 110 valence electrons. The summed E-state index contributed by atoms with van der Waals surface area (Å²) in [5.41, 5.74) is 1.00. The lowest BCUT2D eigenvalue weighted by atomic mass is 10.4. The molecule has 4 nitrogen and oxygen atoms in total. The van der Waals surface area contributed by atoms with Crippen molar-refractivity contribution in [3.8, 4) is 0 Å². The van der Waals surface area contributed by atoms with E-state index in [1.807, 2.05) is 0 Å². The van der Waals surface area contributed by atoms with Crippen LogP contribution in [0.5, 0.6) is 0 Å². The van der Waals surface area contributed by atoms with Gasteiger partial charge in [-0.1, -0.05) is 30.4 Å². The second kappa shape index (κ2) is 5.93. The van der Waals surface area contributed by atoms with E-state index >= 15 is 0 Å². The molecular formula is C14H18O4S2. The Morgan fingerprint density at radius 1 is 0.900 bits per heavy atom. The van der Waals surface area contributed by atoms with Crippen LogP contribution in [0.25, 0.3) is 0 Å². The molecule has 0 amide bonds. The topological polar surface area (TPSA) is 68.3 Å². The molecule has 0 aliphatic carbocycles. The molecule has 0 saturated heterocycles. The fourth-order valence-electron chi connectivity index (χ4n) is 1.68. The third kappa shape index (κ3) is 4.31. The lowest BCUT2D eigenvalue weighted by Gasteiger charge is -2.08. The molecule has 0 N–H and O–H groups in total. The normalized spacial score (nSPS) is 12.1. The first-order valence-electron chi connectivity index (χ1n) is 5.89. The van der Waals surface area contributed by atoms with Crippen LogP contribution in [0.2, 0.25) is 0 Å². The summed E-state index contributed by atoms with van der Waals surface area (Å²) in [7, 11) is -7.11. The van der Waals surface area contributed by atoms with Crippen LogP contribution in [0.3, 0.4) is 0 Å². The van der Waals surface area contributed by atoms with Gasteiger partial charge in [-0.25, -0.2) is 16.8 Å². The molecule has 0 aliphatic rings. The maximum Gasteiger partial charge on any atom is 0.182 e. The summed E-state index contributed by atoms with van der Waals surface area (Å²) in [5, 5.41) is 0. The van der Waals surface area contributed by atoms with Gasteiger partial charge < -0.3 is 0 Å². The van der Waals surface area contributed by atoms with Crippen molar-refractivity contribution in [1.82, 2.24) is 0 Å². The monoisotopic (exact) mass is 314 g/mol. The van der Waals surface area contributed by atoms with Crippen molar-refractivity contribution in [2.45, 2.75) is 23.6 Å². The summed E-state index contributed by atoms with van der Waals surface area (Å²) in [6.07, 6.45) is 0. The molecular weight excluding hydrogens is 296 g/mol. The van der Waals surface area contributed by atoms with Crippen LogP contribution in [0.4, 0.5) is 0 Å². The van der Waals surface area contributed by atoms with Gasteiger partial charge in [0.15, 0.2) is 19.7 Å². The van der Waals surface area contributed by atoms with Crippen LogP contribution < -0.4 is 0 Å². The van der Waals surface area contributed by atoms with Crippen molar-refractivity contribution in [3.63, 3.8) is 0 Å². The molecule has 0 aromatic heterocycles. The van der Waals surface area contributed by atoms with E-state index in [0.29, 0.717) is 11.1 Å². The van der Waals surface area contributed by atoms with Crippen molar-refractivity contribution in [1.29, 1.82) is 0 Å². The van der Waals surface area contributed by atoms with Gasteiger partial charge >= 0.3 is 0 Å². The second-order valence-electron chi connectivity index (χ2n) is 4.91. The van der Waals surface area contributed by atoms with E-state index in [0.717, 1.165) is 0 Å². The average Bonchev–Trinajstić information content (AvgIpc) is 2.25. The molecule has 0 unspecified atom stereocenters. The Morgan fingerprint density at radius 3 is 1.55 bits per heavy atom. The maximum absolute atomic E-state index is 12.1. The van der Waals surface area contributed by atoms with Gasteiger partial charge in [-0.15, -0.1) is 0 Å². The van der Waals surface area contributed by atoms with E-state index in [1.165, 1.54) is 24.3 Å². The van der Waals surface area contributed by atoms with Gasteiger partial charge in [0.2, 0.25) is 0 Å². The van der Waals surface area contributed by atoms with Crippen molar-refractivity contribution in [2.75, 3.05) is 11.5 Å². The summed E-state index contributed by atoms with van der Waals surface area (Å²) >= 11 is 0. The fraction of sp³-hybridized carbons (Fsp3) is 0.286. The van der Waals surface area contributed by atoms with Gasteiger partial charge in [0, 0.05) is 0 Å². The van der Waals surface area contributed by atoms with Crippen molar-refractivity contribution in [2.24, 2.45) is 0 Å². The summed E-state index contributed by atoms with van der Waals surface area (Å²) in [6, 6.07) is 5.39.